The van der Waals surface area contributed by atoms with Crippen LogP contribution < -0.4 is 5.32 Å². The number of thioether (sulfide) groups is 1. The summed E-state index contributed by atoms with van der Waals surface area (Å²) in [6.45, 7) is 7.49. The van der Waals surface area contributed by atoms with Gasteiger partial charge in [-0.2, -0.15) is 11.8 Å². The molecule has 0 fully saturated rings. The Kier molecular flexibility index (Phi) is 5.25. The smallest absolute Gasteiger partial charge is 0.134 e. The average Bonchev–Trinajstić information content (AvgIpc) is 2.53. The van der Waals surface area contributed by atoms with Gasteiger partial charge in [0.05, 0.1) is 0 Å². The predicted octanol–water partition coefficient (Wildman–Crippen LogP) is 2.86. The van der Waals surface area contributed by atoms with Crippen molar-refractivity contribution in [2.24, 2.45) is 5.92 Å². The molecule has 0 spiro atoms. The van der Waals surface area contributed by atoms with Gasteiger partial charge in [-0.3, -0.25) is 0 Å². The summed E-state index contributed by atoms with van der Waals surface area (Å²) in [5.74, 6) is 2.90. The SMILES string of the molecule is CCNc1snnc1CSCC(C)C. The monoisotopic (exact) mass is 231 g/mol. The molecule has 1 heterocycles. The number of anilines is 1. The normalized spacial score (nSPS) is 10.9. The second-order valence-corrected chi connectivity index (χ2v) is 5.27. The molecule has 1 N–H and O–H groups in total. The van der Waals surface area contributed by atoms with Crippen molar-refractivity contribution in [2.75, 3.05) is 17.6 Å². The summed E-state index contributed by atoms with van der Waals surface area (Å²) in [4.78, 5) is 0. The minimum atomic E-state index is 0.745. The Balaban J connectivity index is 2.37. The third-order valence-corrected chi connectivity index (χ3v) is 3.69. The Morgan fingerprint density at radius 3 is 2.93 bits per heavy atom. The molecule has 0 aliphatic carbocycles. The van der Waals surface area contributed by atoms with Gasteiger partial charge in [-0.05, 0) is 18.6 Å². The molecule has 0 unspecified atom stereocenters. The van der Waals surface area contributed by atoms with E-state index in [1.165, 1.54) is 17.3 Å². The van der Waals surface area contributed by atoms with Crippen LogP contribution in [0.2, 0.25) is 0 Å². The van der Waals surface area contributed by atoms with Gasteiger partial charge in [0, 0.05) is 23.8 Å². The quantitative estimate of drug-likeness (QED) is 0.817. The topological polar surface area (TPSA) is 37.8 Å². The Hall–Kier alpha value is -0.290. The molecule has 0 atom stereocenters. The fourth-order valence-corrected chi connectivity index (χ4v) is 2.71. The van der Waals surface area contributed by atoms with Crippen LogP contribution in [-0.2, 0) is 5.75 Å². The summed E-state index contributed by atoms with van der Waals surface area (Å²) in [7, 11) is 0. The van der Waals surface area contributed by atoms with Crippen LogP contribution in [0.3, 0.4) is 0 Å². The summed E-state index contributed by atoms with van der Waals surface area (Å²) < 4.78 is 3.95. The van der Waals surface area contributed by atoms with Gasteiger partial charge in [0.15, 0.2) is 0 Å². The molecule has 0 saturated carbocycles. The molecule has 0 radical (unpaired) electrons. The molecule has 80 valence electrons. The van der Waals surface area contributed by atoms with Crippen molar-refractivity contribution in [3.8, 4) is 0 Å². The maximum absolute atomic E-state index is 4.12. The highest BCUT2D eigenvalue weighted by Gasteiger charge is 2.06. The van der Waals surface area contributed by atoms with E-state index in [-0.39, 0.29) is 0 Å². The van der Waals surface area contributed by atoms with Crippen molar-refractivity contribution in [3.05, 3.63) is 5.69 Å². The first-order valence-electron chi connectivity index (χ1n) is 4.86. The van der Waals surface area contributed by atoms with Crippen LogP contribution in [0, 0.1) is 5.92 Å². The highest BCUT2D eigenvalue weighted by Crippen LogP contribution is 2.23. The summed E-state index contributed by atoms with van der Waals surface area (Å²) in [6.07, 6.45) is 0. The number of hydrogen-bond acceptors (Lipinski definition) is 5. The summed E-state index contributed by atoms with van der Waals surface area (Å²) in [6, 6.07) is 0. The van der Waals surface area contributed by atoms with E-state index in [0.29, 0.717) is 0 Å². The second-order valence-electron chi connectivity index (χ2n) is 3.49. The van der Waals surface area contributed by atoms with Crippen LogP contribution in [0.4, 0.5) is 5.00 Å². The third kappa shape index (κ3) is 3.84. The summed E-state index contributed by atoms with van der Waals surface area (Å²) in [5.41, 5.74) is 1.10. The first-order valence-corrected chi connectivity index (χ1v) is 6.79. The van der Waals surface area contributed by atoms with E-state index in [2.05, 4.69) is 35.7 Å². The molecule has 0 saturated heterocycles. The van der Waals surface area contributed by atoms with Gasteiger partial charge in [0.1, 0.15) is 10.7 Å². The van der Waals surface area contributed by atoms with E-state index in [1.807, 2.05) is 11.8 Å². The van der Waals surface area contributed by atoms with Crippen LogP contribution in [-0.4, -0.2) is 21.9 Å². The maximum atomic E-state index is 4.12. The zero-order chi connectivity index (χ0) is 10.4. The van der Waals surface area contributed by atoms with E-state index in [1.54, 1.807) is 0 Å². The Morgan fingerprint density at radius 1 is 1.50 bits per heavy atom. The molecule has 0 bridgehead atoms. The van der Waals surface area contributed by atoms with Gasteiger partial charge < -0.3 is 5.32 Å². The average molecular weight is 231 g/mol. The van der Waals surface area contributed by atoms with E-state index in [4.69, 9.17) is 0 Å². The molecule has 0 aliphatic heterocycles. The lowest BCUT2D eigenvalue weighted by molar-refractivity contribution is 0.750. The van der Waals surface area contributed by atoms with Gasteiger partial charge in [0.2, 0.25) is 0 Å². The number of nitrogens with one attached hydrogen (secondary N) is 1. The molecular weight excluding hydrogens is 214 g/mol. The second kappa shape index (κ2) is 6.24. The van der Waals surface area contributed by atoms with Crippen LogP contribution in [0.25, 0.3) is 0 Å². The lowest BCUT2D eigenvalue weighted by atomic mass is 10.3. The predicted molar refractivity (Wildman–Crippen MR) is 65.1 cm³/mol. The Bertz CT molecular complexity index is 260. The lowest BCUT2D eigenvalue weighted by Gasteiger charge is -2.04. The van der Waals surface area contributed by atoms with Crippen molar-refractivity contribution in [3.63, 3.8) is 0 Å². The number of hydrogen-bond donors (Lipinski definition) is 1. The number of nitrogens with zero attached hydrogens (tertiary/aromatic N) is 2. The lowest BCUT2D eigenvalue weighted by Crippen LogP contribution is -1.98. The van der Waals surface area contributed by atoms with Gasteiger partial charge in [-0.25, -0.2) is 0 Å². The van der Waals surface area contributed by atoms with Gasteiger partial charge >= 0.3 is 0 Å². The minimum absolute atomic E-state index is 0.745. The van der Waals surface area contributed by atoms with Gasteiger partial charge in [-0.1, -0.05) is 18.3 Å². The molecule has 1 aromatic heterocycles. The van der Waals surface area contributed by atoms with Crippen LogP contribution in [0.15, 0.2) is 0 Å². The largest absolute Gasteiger partial charge is 0.374 e. The van der Waals surface area contributed by atoms with Crippen molar-refractivity contribution in [1.29, 1.82) is 0 Å². The Morgan fingerprint density at radius 2 is 2.29 bits per heavy atom. The van der Waals surface area contributed by atoms with E-state index in [0.717, 1.165) is 28.9 Å². The Labute approximate surface area is 93.8 Å². The molecule has 1 aromatic rings. The number of rotatable bonds is 6. The van der Waals surface area contributed by atoms with Crippen molar-refractivity contribution >= 4 is 28.3 Å². The molecule has 0 aliphatic rings. The molecule has 3 nitrogen and oxygen atoms in total. The number of aromatic nitrogens is 2. The summed E-state index contributed by atoms with van der Waals surface area (Å²) in [5, 5.41) is 8.52. The third-order valence-electron chi connectivity index (χ3n) is 1.58. The molecule has 14 heavy (non-hydrogen) atoms. The standard InChI is InChI=1S/C9H17N3S2/c1-4-10-9-8(11-12-14-9)6-13-5-7(2)3/h7,10H,4-6H2,1-3H3. The highest BCUT2D eigenvalue weighted by atomic mass is 32.2. The van der Waals surface area contributed by atoms with Crippen molar-refractivity contribution in [2.45, 2.75) is 26.5 Å². The fourth-order valence-electron chi connectivity index (χ4n) is 0.989. The maximum Gasteiger partial charge on any atom is 0.134 e. The van der Waals surface area contributed by atoms with Crippen LogP contribution in [0.1, 0.15) is 26.5 Å². The zero-order valence-corrected chi connectivity index (χ0v) is 10.5. The van der Waals surface area contributed by atoms with Crippen molar-refractivity contribution in [1.82, 2.24) is 9.59 Å². The van der Waals surface area contributed by atoms with Crippen molar-refractivity contribution < 1.29 is 0 Å². The zero-order valence-electron chi connectivity index (χ0n) is 8.91. The van der Waals surface area contributed by atoms with E-state index < -0.39 is 0 Å². The van der Waals surface area contributed by atoms with Gasteiger partial charge in [0.25, 0.3) is 0 Å². The van der Waals surface area contributed by atoms with Gasteiger partial charge in [-0.15, -0.1) is 5.10 Å². The molecular formula is C9H17N3S2. The molecule has 1 rings (SSSR count). The minimum Gasteiger partial charge on any atom is -0.374 e. The molecule has 0 aromatic carbocycles. The molecule has 5 heteroatoms. The first kappa shape index (κ1) is 11.8. The fraction of sp³-hybridized carbons (Fsp3) is 0.778. The highest BCUT2D eigenvalue weighted by molar-refractivity contribution is 7.98. The summed E-state index contributed by atoms with van der Waals surface area (Å²) >= 11 is 3.37. The van der Waals surface area contributed by atoms with E-state index >= 15 is 0 Å². The van der Waals surface area contributed by atoms with E-state index in [9.17, 15) is 0 Å². The van der Waals surface area contributed by atoms with Crippen LogP contribution in [0.5, 0.6) is 0 Å². The van der Waals surface area contributed by atoms with Crippen LogP contribution >= 0.6 is 23.3 Å². The first-order chi connectivity index (χ1) is 6.74. The molecule has 0 amide bonds.